The molecular weight excluding hydrogens is 324 g/mol. The van der Waals surface area contributed by atoms with E-state index in [1.165, 1.54) is 0 Å². The number of aliphatic hydroxyl groups excluding tert-OH is 1. The Morgan fingerprint density at radius 2 is 1.92 bits per heavy atom. The number of hydrogen-bond acceptors (Lipinski definition) is 5. The number of aromatic nitrogens is 3. The summed E-state index contributed by atoms with van der Waals surface area (Å²) in [5.74, 6) is -1.88. The van der Waals surface area contributed by atoms with Crippen LogP contribution in [0.25, 0.3) is 11.0 Å². The molecule has 2 atom stereocenters. The molecule has 8 heteroatoms. The normalized spacial score (nSPS) is 13.3. The maximum Gasteiger partial charge on any atom is 0.334 e. The largest absolute Gasteiger partial charge is 0.479 e. The Hall–Kier alpha value is -3.26. The van der Waals surface area contributed by atoms with Gasteiger partial charge in [-0.15, -0.1) is 5.10 Å². The van der Waals surface area contributed by atoms with E-state index in [2.05, 4.69) is 20.7 Å². The minimum atomic E-state index is -1.72. The zero-order valence-electron chi connectivity index (χ0n) is 13.1. The molecule has 1 aromatic heterocycles. The molecule has 0 aliphatic heterocycles. The van der Waals surface area contributed by atoms with Crippen LogP contribution in [-0.4, -0.2) is 49.6 Å². The summed E-state index contributed by atoms with van der Waals surface area (Å²) in [7, 11) is 0. The first-order chi connectivity index (χ1) is 12.0. The molecule has 3 aromatic rings. The fraction of sp³-hybridized carbons (Fsp3) is 0.176. The lowest BCUT2D eigenvalue weighted by Gasteiger charge is -2.21. The van der Waals surface area contributed by atoms with Crippen molar-refractivity contribution in [2.75, 3.05) is 0 Å². The molecule has 0 aliphatic rings. The van der Waals surface area contributed by atoms with Crippen LogP contribution < -0.4 is 5.32 Å². The molecule has 0 saturated carbocycles. The zero-order valence-corrected chi connectivity index (χ0v) is 13.1. The van der Waals surface area contributed by atoms with E-state index in [1.54, 1.807) is 42.5 Å². The Kier molecular flexibility index (Phi) is 4.71. The Labute approximate surface area is 142 Å². The molecule has 3 rings (SSSR count). The van der Waals surface area contributed by atoms with E-state index in [-0.39, 0.29) is 6.42 Å². The van der Waals surface area contributed by atoms with Gasteiger partial charge in [0, 0.05) is 5.56 Å². The highest BCUT2D eigenvalue weighted by Gasteiger charge is 2.28. The Balaban J connectivity index is 1.80. The average molecular weight is 340 g/mol. The molecule has 2 aromatic carbocycles. The Morgan fingerprint density at radius 3 is 2.64 bits per heavy atom. The SMILES string of the molecule is O=C(N[C@H](Cc1ccccc1)[C@@H](O)C(=O)O)c1ccc2nn[nH]c2c1. The van der Waals surface area contributed by atoms with Gasteiger partial charge in [-0.1, -0.05) is 35.5 Å². The minimum Gasteiger partial charge on any atom is -0.479 e. The summed E-state index contributed by atoms with van der Waals surface area (Å²) in [4.78, 5) is 23.6. The van der Waals surface area contributed by atoms with Gasteiger partial charge in [0.15, 0.2) is 6.10 Å². The van der Waals surface area contributed by atoms with Gasteiger partial charge < -0.3 is 15.5 Å². The predicted octanol–water partition coefficient (Wildman–Crippen LogP) is 0.744. The number of carboxylic acids is 1. The minimum absolute atomic E-state index is 0.188. The third-order valence-corrected chi connectivity index (χ3v) is 3.84. The van der Waals surface area contributed by atoms with Gasteiger partial charge in [0.1, 0.15) is 5.52 Å². The number of nitrogens with zero attached hydrogens (tertiary/aromatic N) is 2. The summed E-state index contributed by atoms with van der Waals surface area (Å²) >= 11 is 0. The topological polar surface area (TPSA) is 128 Å². The van der Waals surface area contributed by atoms with Crippen molar-refractivity contribution < 1.29 is 19.8 Å². The second-order valence-electron chi connectivity index (χ2n) is 5.60. The highest BCUT2D eigenvalue weighted by Crippen LogP contribution is 2.12. The first kappa shape index (κ1) is 16.6. The van der Waals surface area contributed by atoms with Crippen molar-refractivity contribution in [2.45, 2.75) is 18.6 Å². The average Bonchev–Trinajstić information content (AvgIpc) is 3.09. The fourth-order valence-electron chi connectivity index (χ4n) is 2.52. The number of fused-ring (bicyclic) bond motifs is 1. The third kappa shape index (κ3) is 3.81. The van der Waals surface area contributed by atoms with Crippen molar-refractivity contribution in [1.29, 1.82) is 0 Å². The van der Waals surface area contributed by atoms with Gasteiger partial charge in [-0.25, -0.2) is 4.79 Å². The van der Waals surface area contributed by atoms with Gasteiger partial charge >= 0.3 is 5.97 Å². The van der Waals surface area contributed by atoms with Gasteiger partial charge in [0.25, 0.3) is 5.91 Å². The van der Waals surface area contributed by atoms with Crippen molar-refractivity contribution in [3.8, 4) is 0 Å². The number of carbonyl (C=O) groups is 2. The number of aromatic amines is 1. The van der Waals surface area contributed by atoms with Gasteiger partial charge in [0.2, 0.25) is 0 Å². The third-order valence-electron chi connectivity index (χ3n) is 3.84. The summed E-state index contributed by atoms with van der Waals surface area (Å²) in [5.41, 5.74) is 2.32. The number of aliphatic carboxylic acids is 1. The molecule has 128 valence electrons. The highest BCUT2D eigenvalue weighted by molar-refractivity contribution is 5.97. The van der Waals surface area contributed by atoms with E-state index in [0.29, 0.717) is 16.6 Å². The summed E-state index contributed by atoms with van der Waals surface area (Å²) in [6, 6.07) is 12.8. The molecule has 0 bridgehead atoms. The summed E-state index contributed by atoms with van der Waals surface area (Å²) in [5, 5.41) is 31.8. The molecule has 0 spiro atoms. The summed E-state index contributed by atoms with van der Waals surface area (Å²) in [6.07, 6.45) is -1.53. The number of H-pyrrole nitrogens is 1. The number of aliphatic hydroxyl groups is 1. The van der Waals surface area contributed by atoms with E-state index in [9.17, 15) is 14.7 Å². The van der Waals surface area contributed by atoms with Gasteiger partial charge in [-0.05, 0) is 30.2 Å². The fourth-order valence-corrected chi connectivity index (χ4v) is 2.52. The molecule has 8 nitrogen and oxygen atoms in total. The van der Waals surface area contributed by atoms with Crippen molar-refractivity contribution >= 4 is 22.9 Å². The lowest BCUT2D eigenvalue weighted by molar-refractivity contribution is -0.148. The summed E-state index contributed by atoms with van der Waals surface area (Å²) < 4.78 is 0. The number of nitrogens with one attached hydrogen (secondary N) is 2. The van der Waals surface area contributed by atoms with Crippen LogP contribution in [0.3, 0.4) is 0 Å². The van der Waals surface area contributed by atoms with Crippen LogP contribution >= 0.6 is 0 Å². The van der Waals surface area contributed by atoms with Crippen LogP contribution in [0.2, 0.25) is 0 Å². The van der Waals surface area contributed by atoms with Gasteiger partial charge in [0.05, 0.1) is 11.6 Å². The van der Waals surface area contributed by atoms with Crippen molar-refractivity contribution in [3.05, 3.63) is 59.7 Å². The molecule has 4 N–H and O–H groups in total. The molecule has 0 aliphatic carbocycles. The number of rotatable bonds is 6. The quantitative estimate of drug-likeness (QED) is 0.524. The monoisotopic (exact) mass is 340 g/mol. The zero-order chi connectivity index (χ0) is 17.8. The number of carbonyl (C=O) groups excluding carboxylic acids is 1. The smallest absolute Gasteiger partial charge is 0.334 e. The van der Waals surface area contributed by atoms with Gasteiger partial charge in [-0.2, -0.15) is 0 Å². The van der Waals surface area contributed by atoms with Crippen LogP contribution in [0.5, 0.6) is 0 Å². The molecule has 25 heavy (non-hydrogen) atoms. The van der Waals surface area contributed by atoms with Crippen molar-refractivity contribution in [2.24, 2.45) is 0 Å². The van der Waals surface area contributed by atoms with E-state index in [1.807, 2.05) is 6.07 Å². The van der Waals surface area contributed by atoms with E-state index in [4.69, 9.17) is 5.11 Å². The first-order valence-electron chi connectivity index (χ1n) is 7.61. The molecule has 0 fully saturated rings. The van der Waals surface area contributed by atoms with Crippen LogP contribution in [0, 0.1) is 0 Å². The van der Waals surface area contributed by atoms with E-state index in [0.717, 1.165) is 5.56 Å². The first-order valence-corrected chi connectivity index (χ1v) is 7.61. The van der Waals surface area contributed by atoms with Crippen LogP contribution in [0.4, 0.5) is 0 Å². The number of carboxylic acid groups (broad SMARTS) is 1. The maximum absolute atomic E-state index is 12.5. The van der Waals surface area contributed by atoms with E-state index >= 15 is 0 Å². The highest BCUT2D eigenvalue weighted by atomic mass is 16.4. The maximum atomic E-state index is 12.5. The van der Waals surface area contributed by atoms with Crippen molar-refractivity contribution in [1.82, 2.24) is 20.7 Å². The predicted molar refractivity (Wildman–Crippen MR) is 88.9 cm³/mol. The lowest BCUT2D eigenvalue weighted by Crippen LogP contribution is -2.48. The second-order valence-corrected chi connectivity index (χ2v) is 5.60. The Bertz CT molecular complexity index is 894. The van der Waals surface area contributed by atoms with Crippen molar-refractivity contribution in [3.63, 3.8) is 0 Å². The molecule has 0 saturated heterocycles. The molecule has 1 amide bonds. The Morgan fingerprint density at radius 1 is 1.16 bits per heavy atom. The van der Waals surface area contributed by atoms with Gasteiger partial charge in [-0.3, -0.25) is 9.89 Å². The molecule has 1 heterocycles. The number of amides is 1. The van der Waals surface area contributed by atoms with Crippen LogP contribution in [0.1, 0.15) is 15.9 Å². The molecular formula is C17H16N4O4. The number of hydrogen-bond donors (Lipinski definition) is 4. The van der Waals surface area contributed by atoms with E-state index < -0.39 is 24.0 Å². The number of benzene rings is 2. The van der Waals surface area contributed by atoms with Crippen LogP contribution in [0.15, 0.2) is 48.5 Å². The lowest BCUT2D eigenvalue weighted by atomic mass is 10.0. The standard InChI is InChI=1S/C17H16N4O4/c22-15(17(24)25)14(8-10-4-2-1-3-5-10)18-16(23)11-6-7-12-13(9-11)20-21-19-12/h1-7,9,14-15,22H,8H2,(H,18,23)(H,24,25)(H,19,20,21)/t14-,15-/m1/s1. The van der Waals surface area contributed by atoms with Crippen LogP contribution in [-0.2, 0) is 11.2 Å². The second kappa shape index (κ2) is 7.10. The molecule has 0 radical (unpaired) electrons. The molecule has 0 unspecified atom stereocenters. The summed E-state index contributed by atoms with van der Waals surface area (Å²) in [6.45, 7) is 0.